The van der Waals surface area contributed by atoms with Gasteiger partial charge in [0.05, 0.1) is 11.6 Å². The van der Waals surface area contributed by atoms with Gasteiger partial charge in [-0.25, -0.2) is 4.39 Å². The van der Waals surface area contributed by atoms with Crippen molar-refractivity contribution in [2.45, 2.75) is 26.3 Å². The van der Waals surface area contributed by atoms with E-state index in [0.29, 0.717) is 12.1 Å². The van der Waals surface area contributed by atoms with Gasteiger partial charge in [-0.05, 0) is 25.0 Å². The maximum atomic E-state index is 14.0. The number of carbonyl (C=O) groups excluding carboxylic acids is 1. The Balaban J connectivity index is 2.24. The van der Waals surface area contributed by atoms with Crippen LogP contribution >= 0.6 is 0 Å². The Morgan fingerprint density at radius 1 is 1.50 bits per heavy atom. The van der Waals surface area contributed by atoms with Gasteiger partial charge < -0.3 is 10.2 Å². The molecule has 0 saturated carbocycles. The van der Waals surface area contributed by atoms with Gasteiger partial charge in [0.2, 0.25) is 0 Å². The molecule has 0 atom stereocenters. The fraction of sp³-hybridized carbons (Fsp3) is 0.500. The van der Waals surface area contributed by atoms with Gasteiger partial charge in [-0.2, -0.15) is 0 Å². The van der Waals surface area contributed by atoms with Gasteiger partial charge in [-0.1, -0.05) is 19.1 Å². The number of nitrogens with zero attached hydrogens (tertiary/aromatic N) is 1. The van der Waals surface area contributed by atoms with Crippen LogP contribution in [0.15, 0.2) is 18.2 Å². The molecule has 0 radical (unpaired) electrons. The zero-order chi connectivity index (χ0) is 13.1. The standard InChI is InChI=1S/C14H19FN2O/c1-3-7-17(11-8-16-9-11)14(18)12-6-4-5-10(2)13(12)15/h4-6,11,16H,3,7-9H2,1-2H3. The van der Waals surface area contributed by atoms with Crippen LogP contribution in [-0.4, -0.2) is 36.5 Å². The van der Waals surface area contributed by atoms with Crippen molar-refractivity contribution in [3.63, 3.8) is 0 Å². The first-order valence-corrected chi connectivity index (χ1v) is 6.42. The first-order chi connectivity index (χ1) is 8.65. The number of hydrogen-bond donors (Lipinski definition) is 1. The number of halogens is 1. The minimum atomic E-state index is -0.393. The number of nitrogens with one attached hydrogen (secondary N) is 1. The third-order valence-corrected chi connectivity index (χ3v) is 3.35. The number of amides is 1. The lowest BCUT2D eigenvalue weighted by atomic mass is 10.1. The van der Waals surface area contributed by atoms with Gasteiger partial charge in [0.25, 0.3) is 5.91 Å². The molecule has 0 aliphatic carbocycles. The maximum absolute atomic E-state index is 14.0. The normalized spacial score (nSPS) is 15.3. The molecule has 0 aromatic heterocycles. The van der Waals surface area contributed by atoms with Crippen molar-refractivity contribution >= 4 is 5.91 Å². The third-order valence-electron chi connectivity index (χ3n) is 3.35. The first kappa shape index (κ1) is 13.0. The van der Waals surface area contributed by atoms with Gasteiger partial charge in [0, 0.05) is 19.6 Å². The van der Waals surface area contributed by atoms with E-state index in [-0.39, 0.29) is 17.5 Å². The molecular formula is C14H19FN2O. The smallest absolute Gasteiger partial charge is 0.257 e. The second kappa shape index (κ2) is 5.48. The topological polar surface area (TPSA) is 32.3 Å². The van der Waals surface area contributed by atoms with Crippen LogP contribution in [0.1, 0.15) is 29.3 Å². The van der Waals surface area contributed by atoms with E-state index in [4.69, 9.17) is 0 Å². The molecule has 1 aromatic rings. The van der Waals surface area contributed by atoms with Crippen LogP contribution in [0, 0.1) is 12.7 Å². The molecule has 1 fully saturated rings. The second-order valence-corrected chi connectivity index (χ2v) is 4.75. The highest BCUT2D eigenvalue weighted by Crippen LogP contribution is 2.17. The summed E-state index contributed by atoms with van der Waals surface area (Å²) in [5, 5.41) is 3.14. The predicted molar refractivity (Wildman–Crippen MR) is 69.1 cm³/mol. The Hall–Kier alpha value is -1.42. The predicted octanol–water partition coefficient (Wildman–Crippen LogP) is 1.96. The summed E-state index contributed by atoms with van der Waals surface area (Å²) in [6, 6.07) is 5.19. The Kier molecular flexibility index (Phi) is 3.97. The lowest BCUT2D eigenvalue weighted by molar-refractivity contribution is 0.0611. The molecule has 1 aromatic carbocycles. The third kappa shape index (κ3) is 2.38. The van der Waals surface area contributed by atoms with E-state index in [2.05, 4.69) is 5.32 Å². The van der Waals surface area contributed by atoms with E-state index in [1.54, 1.807) is 30.0 Å². The average Bonchev–Trinajstić information content (AvgIpc) is 2.29. The van der Waals surface area contributed by atoms with Crippen molar-refractivity contribution < 1.29 is 9.18 Å². The van der Waals surface area contributed by atoms with Crippen LogP contribution in [0.4, 0.5) is 4.39 Å². The van der Waals surface area contributed by atoms with Crippen molar-refractivity contribution in [1.29, 1.82) is 0 Å². The highest BCUT2D eigenvalue weighted by Gasteiger charge is 2.29. The summed E-state index contributed by atoms with van der Waals surface area (Å²) in [7, 11) is 0. The molecule has 4 heteroatoms. The number of benzene rings is 1. The van der Waals surface area contributed by atoms with E-state index in [1.807, 2.05) is 6.92 Å². The Morgan fingerprint density at radius 3 is 2.78 bits per heavy atom. The summed E-state index contributed by atoms with van der Waals surface area (Å²) in [6.07, 6.45) is 0.885. The molecule has 0 unspecified atom stereocenters. The lowest BCUT2D eigenvalue weighted by Crippen LogP contribution is -2.59. The van der Waals surface area contributed by atoms with Crippen LogP contribution in [0.5, 0.6) is 0 Å². The molecule has 18 heavy (non-hydrogen) atoms. The summed E-state index contributed by atoms with van der Waals surface area (Å²) in [5.41, 5.74) is 0.708. The van der Waals surface area contributed by atoms with E-state index in [0.717, 1.165) is 19.5 Å². The monoisotopic (exact) mass is 250 g/mol. The lowest BCUT2D eigenvalue weighted by Gasteiger charge is -2.38. The molecule has 1 saturated heterocycles. The second-order valence-electron chi connectivity index (χ2n) is 4.75. The fourth-order valence-electron chi connectivity index (χ4n) is 2.15. The SMILES string of the molecule is CCCN(C(=O)c1cccc(C)c1F)C1CNC1. The minimum Gasteiger partial charge on any atom is -0.333 e. The van der Waals surface area contributed by atoms with Crippen molar-refractivity contribution in [2.24, 2.45) is 0 Å². The van der Waals surface area contributed by atoms with E-state index in [1.165, 1.54) is 0 Å². The molecule has 0 spiro atoms. The quantitative estimate of drug-likeness (QED) is 0.886. The van der Waals surface area contributed by atoms with Crippen LogP contribution < -0.4 is 5.32 Å². The van der Waals surface area contributed by atoms with Gasteiger partial charge in [0.15, 0.2) is 0 Å². The molecule has 1 aliphatic heterocycles. The van der Waals surface area contributed by atoms with Crippen molar-refractivity contribution in [1.82, 2.24) is 10.2 Å². The number of carbonyl (C=O) groups is 1. The summed E-state index contributed by atoms with van der Waals surface area (Å²) in [5.74, 6) is -0.583. The number of aryl methyl sites for hydroxylation is 1. The Bertz CT molecular complexity index is 443. The number of hydrogen-bond acceptors (Lipinski definition) is 2. The molecule has 1 heterocycles. The fourth-order valence-corrected chi connectivity index (χ4v) is 2.15. The van der Waals surface area contributed by atoms with Gasteiger partial charge in [0.1, 0.15) is 5.82 Å². The Labute approximate surface area is 107 Å². The molecule has 0 bridgehead atoms. The summed E-state index contributed by atoms with van der Waals surface area (Å²) in [6.45, 7) is 6.00. The Morgan fingerprint density at radius 2 is 2.22 bits per heavy atom. The zero-order valence-electron chi connectivity index (χ0n) is 10.9. The van der Waals surface area contributed by atoms with Crippen molar-refractivity contribution in [2.75, 3.05) is 19.6 Å². The molecule has 3 nitrogen and oxygen atoms in total. The summed E-state index contributed by atoms with van der Waals surface area (Å²) in [4.78, 5) is 14.2. The van der Waals surface area contributed by atoms with E-state index >= 15 is 0 Å². The van der Waals surface area contributed by atoms with Crippen LogP contribution in [0.3, 0.4) is 0 Å². The molecule has 1 aliphatic rings. The molecule has 1 N–H and O–H groups in total. The van der Waals surface area contributed by atoms with Gasteiger partial charge in [-0.15, -0.1) is 0 Å². The van der Waals surface area contributed by atoms with Crippen LogP contribution in [-0.2, 0) is 0 Å². The van der Waals surface area contributed by atoms with Crippen LogP contribution in [0.2, 0.25) is 0 Å². The first-order valence-electron chi connectivity index (χ1n) is 6.42. The zero-order valence-corrected chi connectivity index (χ0v) is 10.9. The number of rotatable bonds is 4. The van der Waals surface area contributed by atoms with Crippen LogP contribution in [0.25, 0.3) is 0 Å². The minimum absolute atomic E-state index is 0.190. The van der Waals surface area contributed by atoms with Crippen molar-refractivity contribution in [3.05, 3.63) is 35.1 Å². The molecule has 2 rings (SSSR count). The highest BCUT2D eigenvalue weighted by molar-refractivity contribution is 5.95. The van der Waals surface area contributed by atoms with E-state index in [9.17, 15) is 9.18 Å². The average molecular weight is 250 g/mol. The van der Waals surface area contributed by atoms with E-state index < -0.39 is 5.82 Å². The van der Waals surface area contributed by atoms with Gasteiger partial charge >= 0.3 is 0 Å². The summed E-state index contributed by atoms with van der Waals surface area (Å²) < 4.78 is 14.0. The van der Waals surface area contributed by atoms with Crippen molar-refractivity contribution in [3.8, 4) is 0 Å². The molecular weight excluding hydrogens is 231 g/mol. The largest absolute Gasteiger partial charge is 0.333 e. The highest BCUT2D eigenvalue weighted by atomic mass is 19.1. The summed E-state index contributed by atoms with van der Waals surface area (Å²) >= 11 is 0. The van der Waals surface area contributed by atoms with Gasteiger partial charge in [-0.3, -0.25) is 4.79 Å². The molecule has 1 amide bonds. The maximum Gasteiger partial charge on any atom is 0.257 e. The molecule has 98 valence electrons.